The van der Waals surface area contributed by atoms with Crippen LogP contribution in [0.15, 0.2) is 23.0 Å². The van der Waals surface area contributed by atoms with Crippen LogP contribution in [0.25, 0.3) is 11.0 Å². The Morgan fingerprint density at radius 1 is 1.07 bits per heavy atom. The maximum atomic E-state index is 13.1. The van der Waals surface area contributed by atoms with Crippen LogP contribution in [0.3, 0.4) is 0 Å². The summed E-state index contributed by atoms with van der Waals surface area (Å²) >= 11 is 0. The molecule has 1 saturated heterocycles. The molecule has 1 unspecified atom stereocenters. The number of amides is 2. The molecule has 0 radical (unpaired) electrons. The number of piperidine rings is 1. The average Bonchev–Trinajstić information content (AvgIpc) is 3.43. The lowest BCUT2D eigenvalue weighted by atomic mass is 10.0. The molecule has 0 bridgehead atoms. The van der Waals surface area contributed by atoms with E-state index in [4.69, 9.17) is 0 Å². The van der Waals surface area contributed by atoms with Crippen molar-refractivity contribution in [3.8, 4) is 0 Å². The molecule has 6 heteroatoms. The molecular weight excluding hydrogens is 342 g/mol. The number of nitrogens with one attached hydrogen (secondary N) is 1. The van der Waals surface area contributed by atoms with Crippen LogP contribution in [0.5, 0.6) is 0 Å². The van der Waals surface area contributed by atoms with Crippen LogP contribution in [-0.4, -0.2) is 20.9 Å². The minimum atomic E-state index is -0.613. The molecule has 1 aliphatic carbocycles. The molecular formula is C21H29N3O3. The minimum absolute atomic E-state index is 0.141. The molecule has 2 heterocycles. The third-order valence-corrected chi connectivity index (χ3v) is 5.31. The normalized spacial score (nSPS) is 19.8. The van der Waals surface area contributed by atoms with E-state index in [1.165, 1.54) is 5.56 Å². The Morgan fingerprint density at radius 2 is 1.78 bits per heavy atom. The highest BCUT2D eigenvalue weighted by atomic mass is 16.2. The topological polar surface area (TPSA) is 73.1 Å². The van der Waals surface area contributed by atoms with Gasteiger partial charge >= 0.3 is 5.69 Å². The van der Waals surface area contributed by atoms with Gasteiger partial charge in [0, 0.05) is 13.0 Å². The van der Waals surface area contributed by atoms with E-state index < -0.39 is 6.04 Å². The Bertz CT molecular complexity index is 919. The predicted molar refractivity (Wildman–Crippen MR) is 106 cm³/mol. The van der Waals surface area contributed by atoms with E-state index in [-0.39, 0.29) is 23.9 Å². The molecule has 146 valence electrons. The minimum Gasteiger partial charge on any atom is -0.295 e. The third-order valence-electron chi connectivity index (χ3n) is 5.31. The molecule has 1 aromatic carbocycles. The number of imide groups is 1. The summed E-state index contributed by atoms with van der Waals surface area (Å²) in [7, 11) is 0. The highest BCUT2D eigenvalue weighted by Crippen LogP contribution is 2.32. The van der Waals surface area contributed by atoms with Crippen molar-refractivity contribution in [3.63, 3.8) is 0 Å². The first-order valence-electron chi connectivity index (χ1n) is 10.0. The van der Waals surface area contributed by atoms with E-state index in [2.05, 4.69) is 25.2 Å². The summed E-state index contributed by atoms with van der Waals surface area (Å²) in [5.41, 5.74) is 2.71. The van der Waals surface area contributed by atoms with Gasteiger partial charge in [-0.3, -0.25) is 24.0 Å². The van der Waals surface area contributed by atoms with E-state index in [0.717, 1.165) is 23.9 Å². The van der Waals surface area contributed by atoms with Gasteiger partial charge in [-0.2, -0.15) is 0 Å². The van der Waals surface area contributed by atoms with Gasteiger partial charge in [-0.25, -0.2) is 4.79 Å². The van der Waals surface area contributed by atoms with Crippen molar-refractivity contribution in [1.82, 2.24) is 14.5 Å². The predicted octanol–water partition coefficient (Wildman–Crippen LogP) is 3.34. The lowest BCUT2D eigenvalue weighted by Crippen LogP contribution is -2.44. The van der Waals surface area contributed by atoms with Crippen LogP contribution in [0.2, 0.25) is 0 Å². The smallest absolute Gasteiger partial charge is 0.295 e. The van der Waals surface area contributed by atoms with Crippen LogP contribution in [-0.2, 0) is 16.1 Å². The summed E-state index contributed by atoms with van der Waals surface area (Å²) in [6.45, 7) is 8.96. The molecule has 27 heavy (non-hydrogen) atoms. The van der Waals surface area contributed by atoms with Gasteiger partial charge in [0.15, 0.2) is 0 Å². The molecule has 0 spiro atoms. The van der Waals surface area contributed by atoms with Crippen molar-refractivity contribution < 1.29 is 9.59 Å². The number of aromatic nitrogens is 2. The third kappa shape index (κ3) is 3.70. The van der Waals surface area contributed by atoms with E-state index in [1.807, 2.05) is 30.5 Å². The Balaban J connectivity index is 0.00000102. The van der Waals surface area contributed by atoms with Gasteiger partial charge in [0.2, 0.25) is 11.8 Å². The molecule has 1 aromatic heterocycles. The summed E-state index contributed by atoms with van der Waals surface area (Å²) in [5, 5.41) is 2.36. The fourth-order valence-electron chi connectivity index (χ4n) is 3.62. The van der Waals surface area contributed by atoms with Gasteiger partial charge in [-0.1, -0.05) is 33.8 Å². The molecule has 2 aliphatic rings. The largest absolute Gasteiger partial charge is 0.329 e. The molecule has 2 fully saturated rings. The number of imidazole rings is 1. The zero-order valence-electron chi connectivity index (χ0n) is 16.6. The average molecular weight is 371 g/mol. The van der Waals surface area contributed by atoms with Gasteiger partial charge in [0.25, 0.3) is 0 Å². The number of carbonyl (C=O) groups is 2. The second kappa shape index (κ2) is 7.71. The monoisotopic (exact) mass is 371 g/mol. The lowest BCUT2D eigenvalue weighted by molar-refractivity contribution is -0.135. The van der Waals surface area contributed by atoms with Crippen molar-refractivity contribution in [3.05, 3.63) is 34.2 Å². The zero-order chi connectivity index (χ0) is 19.7. The van der Waals surface area contributed by atoms with Crippen molar-refractivity contribution in [1.29, 1.82) is 0 Å². The van der Waals surface area contributed by atoms with Crippen LogP contribution < -0.4 is 11.0 Å². The first-order valence-corrected chi connectivity index (χ1v) is 10.0. The maximum absolute atomic E-state index is 13.1. The summed E-state index contributed by atoms with van der Waals surface area (Å²) in [6.07, 6.45) is 2.95. The molecule has 2 aromatic rings. The molecule has 6 nitrogen and oxygen atoms in total. The van der Waals surface area contributed by atoms with Crippen molar-refractivity contribution in [2.45, 2.75) is 71.9 Å². The van der Waals surface area contributed by atoms with Gasteiger partial charge in [-0.05, 0) is 48.8 Å². The SMILES string of the molecule is CC.CC(C)c1ccc2c(c1)n(CC1CC1)c(=O)n2C1CCC(=O)NC1=O. The van der Waals surface area contributed by atoms with Crippen LogP contribution in [0.1, 0.15) is 70.9 Å². The van der Waals surface area contributed by atoms with Crippen molar-refractivity contribution in [2.24, 2.45) is 5.92 Å². The summed E-state index contributed by atoms with van der Waals surface area (Å²) in [5.74, 6) is 0.281. The number of fused-ring (bicyclic) bond motifs is 1. The first kappa shape index (κ1) is 19.4. The number of hydrogen-bond donors (Lipinski definition) is 1. The molecule has 4 rings (SSSR count). The number of hydrogen-bond acceptors (Lipinski definition) is 3. The quantitative estimate of drug-likeness (QED) is 0.838. The number of nitrogens with zero attached hydrogens (tertiary/aromatic N) is 2. The first-order chi connectivity index (χ1) is 13.0. The van der Waals surface area contributed by atoms with Gasteiger partial charge in [-0.15, -0.1) is 0 Å². The van der Waals surface area contributed by atoms with E-state index in [9.17, 15) is 14.4 Å². The number of rotatable bonds is 4. The fraction of sp³-hybridized carbons (Fsp3) is 0.571. The Labute approximate surface area is 159 Å². The lowest BCUT2D eigenvalue weighted by Gasteiger charge is -2.22. The van der Waals surface area contributed by atoms with Crippen molar-refractivity contribution in [2.75, 3.05) is 0 Å². The van der Waals surface area contributed by atoms with Crippen LogP contribution in [0, 0.1) is 5.92 Å². The highest BCUT2D eigenvalue weighted by Gasteiger charge is 2.32. The van der Waals surface area contributed by atoms with Crippen LogP contribution >= 0.6 is 0 Å². The fourth-order valence-corrected chi connectivity index (χ4v) is 3.62. The molecule has 1 atom stereocenters. The van der Waals surface area contributed by atoms with Gasteiger partial charge in [0.05, 0.1) is 11.0 Å². The second-order valence-corrected chi connectivity index (χ2v) is 7.58. The molecule has 1 aliphatic heterocycles. The molecule has 2 amide bonds. The summed E-state index contributed by atoms with van der Waals surface area (Å²) in [4.78, 5) is 36.9. The van der Waals surface area contributed by atoms with Crippen LogP contribution in [0.4, 0.5) is 0 Å². The van der Waals surface area contributed by atoms with Gasteiger partial charge in [0.1, 0.15) is 6.04 Å². The van der Waals surface area contributed by atoms with Gasteiger partial charge < -0.3 is 0 Å². The van der Waals surface area contributed by atoms with Crippen molar-refractivity contribution >= 4 is 22.8 Å². The Kier molecular flexibility index (Phi) is 5.53. The molecule has 1 N–H and O–H groups in total. The summed E-state index contributed by atoms with van der Waals surface area (Å²) in [6, 6.07) is 5.43. The highest BCUT2D eigenvalue weighted by molar-refractivity contribution is 6.00. The number of benzene rings is 1. The van der Waals surface area contributed by atoms with E-state index in [0.29, 0.717) is 24.8 Å². The number of carbonyl (C=O) groups excluding carboxylic acids is 2. The standard InChI is InChI=1S/C19H23N3O3.C2H6/c1-11(2)13-5-6-14-16(9-13)21(10-12-3-4-12)19(25)22(14)15-7-8-17(23)20-18(15)24;1-2/h5-6,9,11-12,15H,3-4,7-8,10H2,1-2H3,(H,20,23,24);1-2H3. The second-order valence-electron chi connectivity index (χ2n) is 7.58. The maximum Gasteiger partial charge on any atom is 0.329 e. The van der Waals surface area contributed by atoms with E-state index >= 15 is 0 Å². The Morgan fingerprint density at radius 3 is 2.37 bits per heavy atom. The summed E-state index contributed by atoms with van der Waals surface area (Å²) < 4.78 is 3.41. The Hall–Kier alpha value is -2.37. The molecule has 1 saturated carbocycles. The zero-order valence-corrected chi connectivity index (χ0v) is 16.6. The van der Waals surface area contributed by atoms with E-state index in [1.54, 1.807) is 4.57 Å².